The molecule has 1 unspecified atom stereocenters. The van der Waals surface area contributed by atoms with Gasteiger partial charge in [-0.05, 0) is 25.6 Å². The van der Waals surface area contributed by atoms with Crippen LogP contribution in [-0.2, 0) is 11.2 Å². The molecule has 0 radical (unpaired) electrons. The maximum Gasteiger partial charge on any atom is 0.335 e. The number of rotatable bonds is 5. The summed E-state index contributed by atoms with van der Waals surface area (Å²) in [6.07, 6.45) is 0.812. The molecule has 0 bridgehead atoms. The Morgan fingerprint density at radius 2 is 2.40 bits per heavy atom. The summed E-state index contributed by atoms with van der Waals surface area (Å²) in [5.41, 5.74) is 1.04. The number of carboxylic acids is 1. The van der Waals surface area contributed by atoms with Crippen molar-refractivity contribution in [3.05, 3.63) is 23.4 Å². The van der Waals surface area contributed by atoms with Crippen molar-refractivity contribution in [2.24, 2.45) is 0 Å². The van der Waals surface area contributed by atoms with E-state index < -0.39 is 5.97 Å². The standard InChI is InChI=1S/C14H21N3O3/c1-3-11-6-10(14(18)19)7-13(16-11)15-8-12-9-17(2)4-5-20-12/h6-7,12H,3-5,8-9H2,1-2H3,(H,15,16)(H,18,19). The number of carbonyl (C=O) groups is 1. The molecule has 1 aliphatic rings. The fourth-order valence-corrected chi connectivity index (χ4v) is 2.19. The molecular weight excluding hydrogens is 258 g/mol. The molecule has 0 aliphatic carbocycles. The van der Waals surface area contributed by atoms with Gasteiger partial charge in [0.05, 0.1) is 18.3 Å². The van der Waals surface area contributed by atoms with E-state index in [1.54, 1.807) is 12.1 Å². The zero-order valence-electron chi connectivity index (χ0n) is 11.9. The van der Waals surface area contributed by atoms with Crippen molar-refractivity contribution in [2.75, 3.05) is 38.6 Å². The highest BCUT2D eigenvalue weighted by Gasteiger charge is 2.17. The lowest BCUT2D eigenvalue weighted by atomic mass is 10.2. The normalized spacial score (nSPS) is 19.8. The highest BCUT2D eigenvalue weighted by Crippen LogP contribution is 2.12. The SMILES string of the molecule is CCc1cc(C(=O)O)cc(NCC2CN(C)CCO2)n1. The summed E-state index contributed by atoms with van der Waals surface area (Å²) in [7, 11) is 2.06. The van der Waals surface area contributed by atoms with Gasteiger partial charge in [-0.1, -0.05) is 6.92 Å². The molecule has 6 heteroatoms. The number of hydrogen-bond donors (Lipinski definition) is 2. The number of anilines is 1. The van der Waals surface area contributed by atoms with E-state index >= 15 is 0 Å². The van der Waals surface area contributed by atoms with Gasteiger partial charge in [-0.2, -0.15) is 0 Å². The van der Waals surface area contributed by atoms with Gasteiger partial charge in [0.25, 0.3) is 0 Å². The van der Waals surface area contributed by atoms with Crippen molar-refractivity contribution >= 4 is 11.8 Å². The summed E-state index contributed by atoms with van der Waals surface area (Å²) in [5.74, 6) is -0.336. The number of nitrogens with zero attached hydrogens (tertiary/aromatic N) is 2. The van der Waals surface area contributed by atoms with Crippen molar-refractivity contribution in [1.29, 1.82) is 0 Å². The second-order valence-corrected chi connectivity index (χ2v) is 5.03. The number of morpholine rings is 1. The lowest BCUT2D eigenvalue weighted by Gasteiger charge is -2.30. The first kappa shape index (κ1) is 14.7. The van der Waals surface area contributed by atoms with Gasteiger partial charge >= 0.3 is 5.97 Å². The van der Waals surface area contributed by atoms with E-state index in [2.05, 4.69) is 22.2 Å². The topological polar surface area (TPSA) is 74.7 Å². The first-order chi connectivity index (χ1) is 9.58. The number of hydrogen-bond acceptors (Lipinski definition) is 5. The Bertz CT molecular complexity index is 479. The average molecular weight is 279 g/mol. The molecular formula is C14H21N3O3. The molecule has 0 amide bonds. The van der Waals surface area contributed by atoms with E-state index in [1.165, 1.54) is 0 Å². The number of ether oxygens (including phenoxy) is 1. The number of aromatic carboxylic acids is 1. The molecule has 1 fully saturated rings. The predicted octanol–water partition coefficient (Wildman–Crippen LogP) is 1.08. The summed E-state index contributed by atoms with van der Waals surface area (Å²) >= 11 is 0. The second kappa shape index (κ2) is 6.67. The van der Waals surface area contributed by atoms with E-state index in [0.717, 1.165) is 25.4 Å². The Morgan fingerprint density at radius 3 is 3.05 bits per heavy atom. The molecule has 0 aromatic carbocycles. The van der Waals surface area contributed by atoms with E-state index in [9.17, 15) is 4.79 Å². The second-order valence-electron chi connectivity index (χ2n) is 5.03. The number of pyridine rings is 1. The van der Waals surface area contributed by atoms with Crippen LogP contribution in [0.3, 0.4) is 0 Å². The van der Waals surface area contributed by atoms with E-state index in [4.69, 9.17) is 9.84 Å². The number of aryl methyl sites for hydroxylation is 1. The molecule has 2 rings (SSSR count). The Morgan fingerprint density at radius 1 is 1.60 bits per heavy atom. The molecule has 20 heavy (non-hydrogen) atoms. The van der Waals surface area contributed by atoms with Crippen molar-refractivity contribution in [2.45, 2.75) is 19.4 Å². The van der Waals surface area contributed by atoms with Gasteiger partial charge in [-0.3, -0.25) is 0 Å². The van der Waals surface area contributed by atoms with Crippen LogP contribution in [-0.4, -0.2) is 60.4 Å². The van der Waals surface area contributed by atoms with E-state index in [0.29, 0.717) is 18.8 Å². The smallest absolute Gasteiger partial charge is 0.335 e. The highest BCUT2D eigenvalue weighted by atomic mass is 16.5. The zero-order chi connectivity index (χ0) is 14.5. The molecule has 0 spiro atoms. The van der Waals surface area contributed by atoms with Crippen molar-refractivity contribution in [1.82, 2.24) is 9.88 Å². The molecule has 1 atom stereocenters. The highest BCUT2D eigenvalue weighted by molar-refractivity contribution is 5.88. The van der Waals surface area contributed by atoms with Crippen LogP contribution in [0.4, 0.5) is 5.82 Å². The van der Waals surface area contributed by atoms with Gasteiger partial charge in [0, 0.05) is 25.3 Å². The van der Waals surface area contributed by atoms with Crippen LogP contribution in [0.1, 0.15) is 23.0 Å². The van der Waals surface area contributed by atoms with Crippen LogP contribution in [0.2, 0.25) is 0 Å². The third kappa shape index (κ3) is 3.91. The molecule has 2 N–H and O–H groups in total. The number of likely N-dealkylation sites (N-methyl/N-ethyl adjacent to an activating group) is 1. The number of carboxylic acid groups (broad SMARTS) is 1. The lowest BCUT2D eigenvalue weighted by molar-refractivity contribution is -0.0117. The maximum atomic E-state index is 11.1. The maximum absolute atomic E-state index is 11.1. The fourth-order valence-electron chi connectivity index (χ4n) is 2.19. The first-order valence-corrected chi connectivity index (χ1v) is 6.86. The van der Waals surface area contributed by atoms with Crippen LogP contribution in [0, 0.1) is 0 Å². The van der Waals surface area contributed by atoms with Gasteiger partial charge in [-0.15, -0.1) is 0 Å². The Kier molecular flexibility index (Phi) is 4.92. The molecule has 1 saturated heterocycles. The zero-order valence-corrected chi connectivity index (χ0v) is 11.9. The third-order valence-corrected chi connectivity index (χ3v) is 3.34. The number of nitrogens with one attached hydrogen (secondary N) is 1. The van der Waals surface area contributed by atoms with Gasteiger partial charge in [0.2, 0.25) is 0 Å². The van der Waals surface area contributed by atoms with Gasteiger partial charge in [0.15, 0.2) is 0 Å². The summed E-state index contributed by atoms with van der Waals surface area (Å²) in [5, 5.41) is 12.3. The van der Waals surface area contributed by atoms with E-state index in [-0.39, 0.29) is 11.7 Å². The Hall–Kier alpha value is -1.66. The van der Waals surface area contributed by atoms with E-state index in [1.807, 2.05) is 6.92 Å². The minimum Gasteiger partial charge on any atom is -0.478 e. The molecule has 110 valence electrons. The monoisotopic (exact) mass is 279 g/mol. The van der Waals surface area contributed by atoms with Crippen LogP contribution in [0.5, 0.6) is 0 Å². The van der Waals surface area contributed by atoms with Gasteiger partial charge < -0.3 is 20.1 Å². The van der Waals surface area contributed by atoms with Crippen molar-refractivity contribution in [3.8, 4) is 0 Å². The summed E-state index contributed by atoms with van der Waals surface area (Å²) < 4.78 is 5.66. The van der Waals surface area contributed by atoms with Crippen LogP contribution in [0.15, 0.2) is 12.1 Å². The third-order valence-electron chi connectivity index (χ3n) is 3.34. The van der Waals surface area contributed by atoms with Gasteiger partial charge in [0.1, 0.15) is 5.82 Å². The minimum absolute atomic E-state index is 0.106. The summed E-state index contributed by atoms with van der Waals surface area (Å²) in [6, 6.07) is 3.17. The molecule has 1 aliphatic heterocycles. The van der Waals surface area contributed by atoms with Crippen LogP contribution < -0.4 is 5.32 Å². The predicted molar refractivity (Wildman–Crippen MR) is 76.3 cm³/mol. The fraction of sp³-hybridized carbons (Fsp3) is 0.571. The van der Waals surface area contributed by atoms with Crippen LogP contribution in [0.25, 0.3) is 0 Å². The Balaban J connectivity index is 2.01. The van der Waals surface area contributed by atoms with Crippen molar-refractivity contribution in [3.63, 3.8) is 0 Å². The summed E-state index contributed by atoms with van der Waals surface area (Å²) in [6.45, 7) is 5.13. The average Bonchev–Trinajstić information content (AvgIpc) is 2.45. The molecule has 0 saturated carbocycles. The quantitative estimate of drug-likeness (QED) is 0.840. The largest absolute Gasteiger partial charge is 0.478 e. The molecule has 1 aromatic rings. The lowest BCUT2D eigenvalue weighted by Crippen LogP contribution is -2.43. The van der Waals surface area contributed by atoms with Gasteiger partial charge in [-0.25, -0.2) is 9.78 Å². The molecule has 6 nitrogen and oxygen atoms in total. The van der Waals surface area contributed by atoms with Crippen molar-refractivity contribution < 1.29 is 14.6 Å². The Labute approximate surface area is 118 Å². The first-order valence-electron chi connectivity index (χ1n) is 6.86. The molecule has 1 aromatic heterocycles. The van der Waals surface area contributed by atoms with Crippen LogP contribution >= 0.6 is 0 Å². The summed E-state index contributed by atoms with van der Waals surface area (Å²) in [4.78, 5) is 17.7. The minimum atomic E-state index is -0.932. The number of aromatic nitrogens is 1. The molecule has 2 heterocycles.